The van der Waals surface area contributed by atoms with Gasteiger partial charge in [-0.3, -0.25) is 0 Å². The topological polar surface area (TPSA) is 24.5 Å². The Morgan fingerprint density at radius 3 is 2.43 bits per heavy atom. The standard InChI is InChI=1S/C18H38N2O/c1-6-18(7-2,14-19-12-16(4)5)15-20(8-3)13-17-10-9-11-21-17/h16-17,19H,6-15H2,1-5H3. The van der Waals surface area contributed by atoms with E-state index in [1.165, 1.54) is 32.2 Å². The van der Waals surface area contributed by atoms with Crippen LogP contribution >= 0.6 is 0 Å². The summed E-state index contributed by atoms with van der Waals surface area (Å²) < 4.78 is 5.82. The zero-order valence-electron chi connectivity index (χ0n) is 15.1. The number of nitrogens with zero attached hydrogens (tertiary/aromatic N) is 1. The summed E-state index contributed by atoms with van der Waals surface area (Å²) in [5, 5.41) is 3.69. The summed E-state index contributed by atoms with van der Waals surface area (Å²) >= 11 is 0. The molecule has 0 aromatic carbocycles. The highest BCUT2D eigenvalue weighted by atomic mass is 16.5. The van der Waals surface area contributed by atoms with E-state index in [1.807, 2.05) is 0 Å². The van der Waals surface area contributed by atoms with E-state index in [0.29, 0.717) is 11.5 Å². The molecule has 1 heterocycles. The van der Waals surface area contributed by atoms with Crippen LogP contribution in [0.2, 0.25) is 0 Å². The lowest BCUT2D eigenvalue weighted by molar-refractivity contribution is 0.0529. The van der Waals surface area contributed by atoms with Crippen LogP contribution in [0.4, 0.5) is 0 Å². The molecule has 0 spiro atoms. The van der Waals surface area contributed by atoms with Crippen molar-refractivity contribution in [1.82, 2.24) is 10.2 Å². The lowest BCUT2D eigenvalue weighted by atomic mass is 9.81. The predicted octanol–water partition coefficient (Wildman–Crippen LogP) is 3.54. The number of hydrogen-bond donors (Lipinski definition) is 1. The van der Waals surface area contributed by atoms with Crippen molar-refractivity contribution in [2.45, 2.75) is 66.4 Å². The number of ether oxygens (including phenoxy) is 1. The summed E-state index contributed by atoms with van der Waals surface area (Å²) in [5.41, 5.74) is 0.406. The Morgan fingerprint density at radius 1 is 1.24 bits per heavy atom. The van der Waals surface area contributed by atoms with Crippen LogP contribution in [-0.2, 0) is 4.74 Å². The molecule has 1 saturated heterocycles. The van der Waals surface area contributed by atoms with Crippen molar-refractivity contribution in [2.24, 2.45) is 11.3 Å². The van der Waals surface area contributed by atoms with Crippen molar-refractivity contribution in [3.8, 4) is 0 Å². The molecule has 3 heteroatoms. The second-order valence-corrected chi connectivity index (χ2v) is 7.19. The highest BCUT2D eigenvalue weighted by molar-refractivity contribution is 4.84. The van der Waals surface area contributed by atoms with Crippen LogP contribution in [0.25, 0.3) is 0 Å². The van der Waals surface area contributed by atoms with Crippen LogP contribution in [0.5, 0.6) is 0 Å². The van der Waals surface area contributed by atoms with Crippen LogP contribution in [0.1, 0.15) is 60.3 Å². The Hall–Kier alpha value is -0.120. The maximum Gasteiger partial charge on any atom is 0.0702 e. The van der Waals surface area contributed by atoms with Crippen molar-refractivity contribution < 1.29 is 4.74 Å². The van der Waals surface area contributed by atoms with Gasteiger partial charge in [0.2, 0.25) is 0 Å². The molecule has 126 valence electrons. The van der Waals surface area contributed by atoms with Gasteiger partial charge in [0.15, 0.2) is 0 Å². The SMILES string of the molecule is CCN(CC1CCCO1)CC(CC)(CC)CNCC(C)C. The maximum absolute atomic E-state index is 5.82. The van der Waals surface area contributed by atoms with E-state index in [0.717, 1.165) is 38.7 Å². The second kappa shape index (κ2) is 9.81. The maximum atomic E-state index is 5.82. The molecule has 1 N–H and O–H groups in total. The first-order valence-corrected chi connectivity index (χ1v) is 9.10. The Balaban J connectivity index is 2.51. The average molecular weight is 299 g/mol. The minimum atomic E-state index is 0.406. The van der Waals surface area contributed by atoms with Gasteiger partial charge in [0.25, 0.3) is 0 Å². The van der Waals surface area contributed by atoms with Gasteiger partial charge < -0.3 is 15.0 Å². The third-order valence-electron chi connectivity index (χ3n) is 5.04. The summed E-state index contributed by atoms with van der Waals surface area (Å²) in [4.78, 5) is 2.61. The summed E-state index contributed by atoms with van der Waals surface area (Å²) in [6.07, 6.45) is 5.45. The normalized spacial score (nSPS) is 19.9. The molecule has 0 aromatic heterocycles. The molecule has 1 aliphatic rings. The quantitative estimate of drug-likeness (QED) is 0.631. The molecule has 1 aliphatic heterocycles. The van der Waals surface area contributed by atoms with E-state index in [1.54, 1.807) is 0 Å². The number of rotatable bonds is 11. The molecule has 0 saturated carbocycles. The minimum absolute atomic E-state index is 0.406. The van der Waals surface area contributed by atoms with E-state index in [9.17, 15) is 0 Å². The van der Waals surface area contributed by atoms with Crippen molar-refractivity contribution in [3.05, 3.63) is 0 Å². The molecule has 3 nitrogen and oxygen atoms in total. The fourth-order valence-electron chi connectivity index (χ4n) is 3.26. The lowest BCUT2D eigenvalue weighted by Gasteiger charge is -2.38. The van der Waals surface area contributed by atoms with E-state index in [2.05, 4.69) is 44.8 Å². The third kappa shape index (κ3) is 6.66. The zero-order valence-corrected chi connectivity index (χ0v) is 15.1. The fourth-order valence-corrected chi connectivity index (χ4v) is 3.26. The van der Waals surface area contributed by atoms with Crippen molar-refractivity contribution in [1.29, 1.82) is 0 Å². The summed E-state index contributed by atoms with van der Waals surface area (Å²) in [5.74, 6) is 0.727. The fraction of sp³-hybridized carbons (Fsp3) is 1.00. The number of hydrogen-bond acceptors (Lipinski definition) is 3. The Kier molecular flexibility index (Phi) is 8.84. The van der Waals surface area contributed by atoms with Gasteiger partial charge in [-0.2, -0.15) is 0 Å². The highest BCUT2D eigenvalue weighted by Crippen LogP contribution is 2.27. The first-order chi connectivity index (χ1) is 10.0. The third-order valence-corrected chi connectivity index (χ3v) is 5.04. The molecule has 0 amide bonds. The summed E-state index contributed by atoms with van der Waals surface area (Å²) in [7, 11) is 0. The first-order valence-electron chi connectivity index (χ1n) is 9.10. The van der Waals surface area contributed by atoms with E-state index in [4.69, 9.17) is 4.74 Å². The molecule has 0 bridgehead atoms. The smallest absolute Gasteiger partial charge is 0.0702 e. The zero-order chi connectivity index (χ0) is 15.7. The Morgan fingerprint density at radius 2 is 1.95 bits per heavy atom. The molecular weight excluding hydrogens is 260 g/mol. The Labute approximate surface area is 132 Å². The molecule has 0 aromatic rings. The van der Waals surface area contributed by atoms with Gasteiger partial charge in [-0.15, -0.1) is 0 Å². The lowest BCUT2D eigenvalue weighted by Crippen LogP contribution is -2.46. The number of nitrogens with one attached hydrogen (secondary N) is 1. The summed E-state index contributed by atoms with van der Waals surface area (Å²) in [6.45, 7) is 18.2. The Bertz CT molecular complexity index is 258. The molecule has 0 radical (unpaired) electrons. The van der Waals surface area contributed by atoms with Gasteiger partial charge in [0, 0.05) is 26.2 Å². The molecule has 1 fully saturated rings. The van der Waals surface area contributed by atoms with Crippen LogP contribution in [-0.4, -0.2) is 50.3 Å². The van der Waals surface area contributed by atoms with Crippen LogP contribution in [0.15, 0.2) is 0 Å². The summed E-state index contributed by atoms with van der Waals surface area (Å²) in [6, 6.07) is 0. The molecule has 1 unspecified atom stereocenters. The van der Waals surface area contributed by atoms with Crippen molar-refractivity contribution >= 4 is 0 Å². The molecule has 1 rings (SSSR count). The second-order valence-electron chi connectivity index (χ2n) is 7.19. The van der Waals surface area contributed by atoms with E-state index in [-0.39, 0.29) is 0 Å². The van der Waals surface area contributed by atoms with Crippen molar-refractivity contribution in [3.63, 3.8) is 0 Å². The van der Waals surface area contributed by atoms with E-state index < -0.39 is 0 Å². The first kappa shape index (κ1) is 18.9. The van der Waals surface area contributed by atoms with Gasteiger partial charge in [-0.25, -0.2) is 0 Å². The van der Waals surface area contributed by atoms with Gasteiger partial charge in [0.05, 0.1) is 6.10 Å². The average Bonchev–Trinajstić information content (AvgIpc) is 2.97. The highest BCUT2D eigenvalue weighted by Gasteiger charge is 2.29. The van der Waals surface area contributed by atoms with Crippen molar-refractivity contribution in [2.75, 3.05) is 39.3 Å². The van der Waals surface area contributed by atoms with Crippen LogP contribution < -0.4 is 5.32 Å². The van der Waals surface area contributed by atoms with Crippen LogP contribution in [0.3, 0.4) is 0 Å². The van der Waals surface area contributed by atoms with Crippen LogP contribution in [0, 0.1) is 11.3 Å². The monoisotopic (exact) mass is 298 g/mol. The van der Waals surface area contributed by atoms with Gasteiger partial charge in [-0.05, 0) is 50.1 Å². The molecule has 0 aliphatic carbocycles. The molecule has 21 heavy (non-hydrogen) atoms. The predicted molar refractivity (Wildman–Crippen MR) is 91.8 cm³/mol. The van der Waals surface area contributed by atoms with Gasteiger partial charge in [0.1, 0.15) is 0 Å². The van der Waals surface area contributed by atoms with Gasteiger partial charge >= 0.3 is 0 Å². The molecular formula is C18H38N2O. The number of likely N-dealkylation sites (N-methyl/N-ethyl adjacent to an activating group) is 1. The largest absolute Gasteiger partial charge is 0.377 e. The minimum Gasteiger partial charge on any atom is -0.377 e. The van der Waals surface area contributed by atoms with E-state index >= 15 is 0 Å². The van der Waals surface area contributed by atoms with Gasteiger partial charge in [-0.1, -0.05) is 34.6 Å². The molecule has 1 atom stereocenters.